The number of hydrogen-bond donors (Lipinski definition) is 2. The average molecular weight is 376 g/mol. The van der Waals surface area contributed by atoms with Crippen LogP contribution in [0, 0.1) is 0 Å². The second-order valence-corrected chi connectivity index (χ2v) is 7.75. The van der Waals surface area contributed by atoms with Gasteiger partial charge in [0.05, 0.1) is 23.1 Å². The first-order chi connectivity index (χ1) is 13.3. The first kappa shape index (κ1) is 16.3. The topological polar surface area (TPSA) is 56.8 Å². The summed E-state index contributed by atoms with van der Waals surface area (Å²) >= 11 is 1.62. The van der Waals surface area contributed by atoms with Crippen molar-refractivity contribution < 1.29 is 0 Å². The number of nitrogens with one attached hydrogen (secondary N) is 2. The Bertz CT molecular complexity index is 1040. The Morgan fingerprint density at radius 2 is 1.85 bits per heavy atom. The standard InChI is InChI=1S/C21H21N5S/c1-2-10-26(11-3-1)17-7-4-15(5-8-17)20-13-27-21(25-20)24-16-6-9-18-19(12-16)23-14-22-18/h4-9,12-14H,1-3,10-11H2,(H,22,23)(H,24,25). The van der Waals surface area contributed by atoms with Crippen LogP contribution in [0.15, 0.2) is 54.2 Å². The molecule has 136 valence electrons. The average Bonchev–Trinajstić information content (AvgIpc) is 3.38. The molecule has 0 amide bonds. The minimum absolute atomic E-state index is 0.889. The van der Waals surface area contributed by atoms with Gasteiger partial charge >= 0.3 is 0 Å². The third-order valence-electron chi connectivity index (χ3n) is 5.06. The lowest BCUT2D eigenvalue weighted by Crippen LogP contribution is -2.29. The van der Waals surface area contributed by atoms with Crippen molar-refractivity contribution >= 4 is 38.9 Å². The summed E-state index contributed by atoms with van der Waals surface area (Å²) in [5.41, 5.74) is 6.46. The lowest BCUT2D eigenvalue weighted by atomic mass is 10.1. The van der Waals surface area contributed by atoms with Crippen molar-refractivity contribution in [3.63, 3.8) is 0 Å². The molecule has 4 aromatic rings. The van der Waals surface area contributed by atoms with Crippen molar-refractivity contribution in [1.82, 2.24) is 15.0 Å². The minimum Gasteiger partial charge on any atom is -0.372 e. The fourth-order valence-corrected chi connectivity index (χ4v) is 4.33. The number of aromatic amines is 1. The second-order valence-electron chi connectivity index (χ2n) is 6.89. The summed E-state index contributed by atoms with van der Waals surface area (Å²) in [6, 6.07) is 14.9. The zero-order valence-corrected chi connectivity index (χ0v) is 15.8. The third kappa shape index (κ3) is 3.40. The van der Waals surface area contributed by atoms with Gasteiger partial charge in [0.15, 0.2) is 5.13 Å². The smallest absolute Gasteiger partial charge is 0.187 e. The Kier molecular flexibility index (Phi) is 4.26. The van der Waals surface area contributed by atoms with Crippen LogP contribution in [0.2, 0.25) is 0 Å². The fraction of sp³-hybridized carbons (Fsp3) is 0.238. The van der Waals surface area contributed by atoms with E-state index in [1.807, 2.05) is 18.2 Å². The zero-order chi connectivity index (χ0) is 18.1. The van der Waals surface area contributed by atoms with Gasteiger partial charge in [-0.2, -0.15) is 0 Å². The first-order valence-corrected chi connectivity index (χ1v) is 10.2. The van der Waals surface area contributed by atoms with Gasteiger partial charge in [-0.25, -0.2) is 9.97 Å². The van der Waals surface area contributed by atoms with E-state index < -0.39 is 0 Å². The number of rotatable bonds is 4. The molecule has 0 spiro atoms. The Morgan fingerprint density at radius 3 is 2.70 bits per heavy atom. The van der Waals surface area contributed by atoms with Crippen LogP contribution < -0.4 is 10.2 Å². The molecule has 6 heteroatoms. The number of H-pyrrole nitrogens is 1. The first-order valence-electron chi connectivity index (χ1n) is 9.36. The molecule has 2 N–H and O–H groups in total. The molecule has 1 aliphatic rings. The lowest BCUT2D eigenvalue weighted by Gasteiger charge is -2.28. The van der Waals surface area contributed by atoms with Gasteiger partial charge in [0.1, 0.15) is 0 Å². The van der Waals surface area contributed by atoms with E-state index in [1.54, 1.807) is 17.7 Å². The highest BCUT2D eigenvalue weighted by atomic mass is 32.1. The number of fused-ring (bicyclic) bond motifs is 1. The maximum absolute atomic E-state index is 4.75. The van der Waals surface area contributed by atoms with Crippen LogP contribution in [-0.4, -0.2) is 28.0 Å². The number of nitrogens with zero attached hydrogens (tertiary/aromatic N) is 3. The highest BCUT2D eigenvalue weighted by Crippen LogP contribution is 2.29. The van der Waals surface area contributed by atoms with Crippen LogP contribution in [-0.2, 0) is 0 Å². The van der Waals surface area contributed by atoms with Crippen molar-refractivity contribution in [3.8, 4) is 11.3 Å². The quantitative estimate of drug-likeness (QED) is 0.500. The van der Waals surface area contributed by atoms with Crippen LogP contribution in [0.1, 0.15) is 19.3 Å². The van der Waals surface area contributed by atoms with Crippen molar-refractivity contribution in [2.24, 2.45) is 0 Å². The number of imidazole rings is 1. The Hall–Kier alpha value is -2.86. The normalized spacial score (nSPS) is 14.6. The van der Waals surface area contributed by atoms with Gasteiger partial charge in [0, 0.05) is 35.4 Å². The molecular formula is C21H21N5S. The summed E-state index contributed by atoms with van der Waals surface area (Å²) in [6.45, 7) is 2.34. The van der Waals surface area contributed by atoms with E-state index in [1.165, 1.54) is 38.0 Å². The van der Waals surface area contributed by atoms with E-state index >= 15 is 0 Å². The number of aromatic nitrogens is 3. The van der Waals surface area contributed by atoms with E-state index in [9.17, 15) is 0 Å². The highest BCUT2D eigenvalue weighted by Gasteiger charge is 2.11. The fourth-order valence-electron chi connectivity index (χ4n) is 3.59. The summed E-state index contributed by atoms with van der Waals surface area (Å²) in [5, 5.41) is 6.38. The summed E-state index contributed by atoms with van der Waals surface area (Å²) in [4.78, 5) is 14.6. The van der Waals surface area contributed by atoms with Crippen molar-refractivity contribution in [2.75, 3.05) is 23.3 Å². The van der Waals surface area contributed by atoms with Gasteiger partial charge < -0.3 is 15.2 Å². The van der Waals surface area contributed by atoms with E-state index in [0.29, 0.717) is 0 Å². The Balaban J connectivity index is 1.32. The van der Waals surface area contributed by atoms with Crippen molar-refractivity contribution in [3.05, 3.63) is 54.2 Å². The number of piperidine rings is 1. The van der Waals surface area contributed by atoms with E-state index in [0.717, 1.165) is 33.1 Å². The minimum atomic E-state index is 0.889. The molecule has 2 aromatic heterocycles. The van der Waals surface area contributed by atoms with Gasteiger partial charge in [-0.3, -0.25) is 0 Å². The lowest BCUT2D eigenvalue weighted by molar-refractivity contribution is 0.578. The van der Waals surface area contributed by atoms with Gasteiger partial charge in [-0.1, -0.05) is 12.1 Å². The van der Waals surface area contributed by atoms with E-state index in [4.69, 9.17) is 4.98 Å². The Morgan fingerprint density at radius 1 is 1.00 bits per heavy atom. The summed E-state index contributed by atoms with van der Waals surface area (Å²) in [7, 11) is 0. The van der Waals surface area contributed by atoms with Crippen LogP contribution in [0.5, 0.6) is 0 Å². The van der Waals surface area contributed by atoms with E-state index in [-0.39, 0.29) is 0 Å². The molecule has 1 aliphatic heterocycles. The maximum Gasteiger partial charge on any atom is 0.187 e. The monoisotopic (exact) mass is 375 g/mol. The van der Waals surface area contributed by atoms with Crippen molar-refractivity contribution in [1.29, 1.82) is 0 Å². The molecule has 1 saturated heterocycles. The van der Waals surface area contributed by atoms with Crippen LogP contribution in [0.25, 0.3) is 22.3 Å². The molecule has 5 nitrogen and oxygen atoms in total. The van der Waals surface area contributed by atoms with Crippen LogP contribution in [0.3, 0.4) is 0 Å². The molecule has 1 fully saturated rings. The number of thiazole rings is 1. The maximum atomic E-state index is 4.75. The molecule has 0 radical (unpaired) electrons. The molecule has 3 heterocycles. The van der Waals surface area contributed by atoms with Gasteiger partial charge in [0.2, 0.25) is 0 Å². The van der Waals surface area contributed by atoms with Gasteiger partial charge in [0.25, 0.3) is 0 Å². The second kappa shape index (κ2) is 7.04. The third-order valence-corrected chi connectivity index (χ3v) is 5.82. The number of hydrogen-bond acceptors (Lipinski definition) is 5. The number of anilines is 3. The zero-order valence-electron chi connectivity index (χ0n) is 15.0. The molecule has 0 saturated carbocycles. The largest absolute Gasteiger partial charge is 0.372 e. The molecule has 0 aliphatic carbocycles. The molecule has 5 rings (SSSR count). The number of benzene rings is 2. The molecular weight excluding hydrogens is 354 g/mol. The molecule has 27 heavy (non-hydrogen) atoms. The molecule has 0 atom stereocenters. The molecule has 0 unspecified atom stereocenters. The van der Waals surface area contributed by atoms with Crippen molar-refractivity contribution in [2.45, 2.75) is 19.3 Å². The van der Waals surface area contributed by atoms with Crippen LogP contribution in [0.4, 0.5) is 16.5 Å². The predicted molar refractivity (Wildman–Crippen MR) is 113 cm³/mol. The summed E-state index contributed by atoms with van der Waals surface area (Å²) in [6.07, 6.45) is 5.67. The summed E-state index contributed by atoms with van der Waals surface area (Å²) in [5.74, 6) is 0. The van der Waals surface area contributed by atoms with E-state index in [2.05, 4.69) is 49.8 Å². The SMILES string of the molecule is c1nc2cc(Nc3nc(-c4ccc(N5CCCCC5)cc4)cs3)ccc2[nH]1. The van der Waals surface area contributed by atoms with Crippen LogP contribution >= 0.6 is 11.3 Å². The van der Waals surface area contributed by atoms with Gasteiger partial charge in [-0.15, -0.1) is 11.3 Å². The molecule has 2 aromatic carbocycles. The highest BCUT2D eigenvalue weighted by molar-refractivity contribution is 7.14. The predicted octanol–water partition coefficient (Wildman–Crippen LogP) is 5.42. The van der Waals surface area contributed by atoms with Gasteiger partial charge in [-0.05, 0) is 49.6 Å². The Labute approximate surface area is 162 Å². The summed E-state index contributed by atoms with van der Waals surface area (Å²) < 4.78 is 0. The molecule has 0 bridgehead atoms.